The number of ketones is 1. The van der Waals surface area contributed by atoms with Gasteiger partial charge in [0.25, 0.3) is 0 Å². The maximum atomic E-state index is 12.3. The molecule has 1 aliphatic rings. The number of aromatic hydroxyl groups is 1. The highest BCUT2D eigenvalue weighted by Gasteiger charge is 2.39. The fourth-order valence-corrected chi connectivity index (χ4v) is 4.82. The number of aliphatic hydroxyl groups is 3. The molecule has 1 fully saturated rings. The summed E-state index contributed by atoms with van der Waals surface area (Å²) in [7, 11) is 0. The Kier molecular flexibility index (Phi) is 9.69. The Hall–Kier alpha value is -1.34. The first-order chi connectivity index (χ1) is 13.8. The largest absolute Gasteiger partial charge is 0.508 e. The smallest absolute Gasteiger partial charge is 0.139 e. The lowest BCUT2D eigenvalue weighted by molar-refractivity contribution is -0.121. The molecule has 6 heteroatoms. The third kappa shape index (κ3) is 6.85. The van der Waals surface area contributed by atoms with Crippen LogP contribution in [0.1, 0.15) is 49.7 Å². The number of Topliss-reactive ketones (excluding diaryl/α,β-unsaturated/α-hetero) is 1. The summed E-state index contributed by atoms with van der Waals surface area (Å²) in [5.74, 6) is 1.52. The van der Waals surface area contributed by atoms with Crippen LogP contribution in [0, 0.1) is 18.8 Å². The van der Waals surface area contributed by atoms with E-state index in [9.17, 15) is 20.1 Å². The van der Waals surface area contributed by atoms with Crippen molar-refractivity contribution in [2.75, 3.05) is 18.1 Å². The maximum absolute atomic E-state index is 12.3. The Morgan fingerprint density at radius 2 is 2.03 bits per heavy atom. The standard InChI is InChI=1S/C23H34O5S/c1-15-13-17(5-7-20(15)25)16(2)21(26)8-6-18-19(23(28)14-22(18)27)9-12-29-11-4-3-10-24/h5-8,13,16,18-19,21-22,24-27H,3-4,9-12,14H2,1-2H3/t16?,18-,19-,21-,22-/m1/s1. The summed E-state index contributed by atoms with van der Waals surface area (Å²) in [6.45, 7) is 3.95. The first-order valence-corrected chi connectivity index (χ1v) is 11.6. The molecule has 1 aromatic rings. The van der Waals surface area contributed by atoms with E-state index in [1.807, 2.05) is 26.0 Å². The molecule has 0 aliphatic heterocycles. The van der Waals surface area contributed by atoms with Gasteiger partial charge in [0.2, 0.25) is 0 Å². The molecule has 4 N–H and O–H groups in total. The van der Waals surface area contributed by atoms with Crippen molar-refractivity contribution >= 4 is 17.5 Å². The van der Waals surface area contributed by atoms with Gasteiger partial charge in [0.15, 0.2) is 0 Å². The maximum Gasteiger partial charge on any atom is 0.139 e. The molecule has 0 aromatic heterocycles. The van der Waals surface area contributed by atoms with Gasteiger partial charge in [0.05, 0.1) is 12.2 Å². The number of aliphatic hydroxyl groups excluding tert-OH is 3. The molecule has 1 aromatic carbocycles. The summed E-state index contributed by atoms with van der Waals surface area (Å²) < 4.78 is 0. The number of carbonyl (C=O) groups excluding carboxylic acids is 1. The van der Waals surface area contributed by atoms with Gasteiger partial charge >= 0.3 is 0 Å². The number of aryl methyl sites for hydroxylation is 1. The summed E-state index contributed by atoms with van der Waals surface area (Å²) in [4.78, 5) is 12.3. The summed E-state index contributed by atoms with van der Waals surface area (Å²) in [6.07, 6.45) is 4.74. The Bertz CT molecular complexity index is 690. The Labute approximate surface area is 177 Å². The topological polar surface area (TPSA) is 98.0 Å². The van der Waals surface area contributed by atoms with E-state index in [-0.39, 0.29) is 42.3 Å². The fourth-order valence-electron chi connectivity index (χ4n) is 3.79. The lowest BCUT2D eigenvalue weighted by Crippen LogP contribution is -2.21. The molecule has 0 heterocycles. The summed E-state index contributed by atoms with van der Waals surface area (Å²) in [6, 6.07) is 5.29. The van der Waals surface area contributed by atoms with Crippen LogP contribution in [-0.4, -0.2) is 56.5 Å². The predicted molar refractivity (Wildman–Crippen MR) is 117 cm³/mol. The lowest BCUT2D eigenvalue weighted by atomic mass is 9.89. The van der Waals surface area contributed by atoms with Crippen molar-refractivity contribution in [1.29, 1.82) is 0 Å². The zero-order valence-corrected chi connectivity index (χ0v) is 18.1. The van der Waals surface area contributed by atoms with Crippen LogP contribution in [0.3, 0.4) is 0 Å². The molecular weight excluding hydrogens is 388 g/mol. The van der Waals surface area contributed by atoms with E-state index in [1.54, 1.807) is 30.0 Å². The molecule has 162 valence electrons. The average Bonchev–Trinajstić information content (AvgIpc) is 2.96. The third-order valence-corrected chi connectivity index (χ3v) is 6.89. The van der Waals surface area contributed by atoms with Gasteiger partial charge in [-0.05, 0) is 54.9 Å². The van der Waals surface area contributed by atoms with Crippen LogP contribution in [0.2, 0.25) is 0 Å². The van der Waals surface area contributed by atoms with E-state index >= 15 is 0 Å². The van der Waals surface area contributed by atoms with Crippen LogP contribution in [0.25, 0.3) is 0 Å². The number of hydrogen-bond acceptors (Lipinski definition) is 6. The Morgan fingerprint density at radius 3 is 2.72 bits per heavy atom. The molecule has 0 amide bonds. The van der Waals surface area contributed by atoms with E-state index < -0.39 is 12.2 Å². The number of hydrogen-bond donors (Lipinski definition) is 4. The van der Waals surface area contributed by atoms with E-state index in [0.717, 1.165) is 41.9 Å². The zero-order valence-electron chi connectivity index (χ0n) is 17.3. The second-order valence-corrected chi connectivity index (χ2v) is 9.19. The number of benzene rings is 1. The molecule has 5 nitrogen and oxygen atoms in total. The van der Waals surface area contributed by atoms with Crippen molar-refractivity contribution < 1.29 is 25.2 Å². The minimum atomic E-state index is -0.740. The van der Waals surface area contributed by atoms with Crippen LogP contribution in [-0.2, 0) is 4.79 Å². The molecule has 0 radical (unpaired) electrons. The molecule has 2 rings (SSSR count). The number of phenols is 1. The van der Waals surface area contributed by atoms with Crippen LogP contribution in [0.15, 0.2) is 30.4 Å². The normalized spacial score (nSPS) is 24.3. The van der Waals surface area contributed by atoms with Crippen LogP contribution >= 0.6 is 11.8 Å². The van der Waals surface area contributed by atoms with E-state index in [2.05, 4.69) is 0 Å². The molecule has 5 atom stereocenters. The second kappa shape index (κ2) is 11.7. The van der Waals surface area contributed by atoms with Gasteiger partial charge in [-0.2, -0.15) is 11.8 Å². The van der Waals surface area contributed by atoms with Crippen molar-refractivity contribution in [3.8, 4) is 5.75 Å². The van der Waals surface area contributed by atoms with E-state index in [0.29, 0.717) is 0 Å². The average molecular weight is 423 g/mol. The quantitative estimate of drug-likeness (QED) is 0.323. The van der Waals surface area contributed by atoms with Crippen molar-refractivity contribution in [2.45, 2.75) is 57.7 Å². The highest BCUT2D eigenvalue weighted by atomic mass is 32.2. The van der Waals surface area contributed by atoms with Gasteiger partial charge in [-0.15, -0.1) is 0 Å². The highest BCUT2D eigenvalue weighted by molar-refractivity contribution is 7.99. The first kappa shape index (κ1) is 23.9. The van der Waals surface area contributed by atoms with Crippen molar-refractivity contribution in [1.82, 2.24) is 0 Å². The molecular formula is C23H34O5S. The second-order valence-electron chi connectivity index (χ2n) is 7.96. The predicted octanol–water partition coefficient (Wildman–Crippen LogP) is 3.18. The molecule has 0 bridgehead atoms. The first-order valence-electron chi connectivity index (χ1n) is 10.4. The zero-order chi connectivity index (χ0) is 21.4. The monoisotopic (exact) mass is 422 g/mol. The molecule has 0 spiro atoms. The number of thioether (sulfide) groups is 1. The van der Waals surface area contributed by atoms with Gasteiger partial charge < -0.3 is 20.4 Å². The number of carbonyl (C=O) groups is 1. The van der Waals surface area contributed by atoms with Crippen LogP contribution < -0.4 is 0 Å². The molecule has 0 saturated heterocycles. The van der Waals surface area contributed by atoms with Crippen molar-refractivity contribution in [3.63, 3.8) is 0 Å². The van der Waals surface area contributed by atoms with Crippen LogP contribution in [0.4, 0.5) is 0 Å². The molecule has 1 unspecified atom stereocenters. The highest BCUT2D eigenvalue weighted by Crippen LogP contribution is 2.34. The Morgan fingerprint density at radius 1 is 1.28 bits per heavy atom. The van der Waals surface area contributed by atoms with Gasteiger partial charge in [0.1, 0.15) is 11.5 Å². The number of phenolic OH excluding ortho intramolecular Hbond substituents is 1. The SMILES string of the molecule is Cc1cc(C(C)[C@H](O)C=C[C@H]2[C@H](O)CC(=O)[C@@H]2CCSCCCCO)ccc1O. The minimum absolute atomic E-state index is 0.0970. The van der Waals surface area contributed by atoms with Gasteiger partial charge in [0, 0.05) is 30.8 Å². The van der Waals surface area contributed by atoms with Gasteiger partial charge in [-0.1, -0.05) is 31.2 Å². The molecule has 29 heavy (non-hydrogen) atoms. The summed E-state index contributed by atoms with van der Waals surface area (Å²) >= 11 is 1.78. The summed E-state index contributed by atoms with van der Waals surface area (Å²) in [5, 5.41) is 39.4. The Balaban J connectivity index is 1.94. The van der Waals surface area contributed by atoms with E-state index in [1.165, 1.54) is 0 Å². The summed E-state index contributed by atoms with van der Waals surface area (Å²) in [5.41, 5.74) is 1.69. The van der Waals surface area contributed by atoms with Crippen LogP contribution in [0.5, 0.6) is 5.75 Å². The minimum Gasteiger partial charge on any atom is -0.508 e. The number of unbranched alkanes of at least 4 members (excludes halogenated alkanes) is 1. The van der Waals surface area contributed by atoms with Gasteiger partial charge in [-0.25, -0.2) is 0 Å². The van der Waals surface area contributed by atoms with Crippen molar-refractivity contribution in [2.24, 2.45) is 11.8 Å². The van der Waals surface area contributed by atoms with E-state index in [4.69, 9.17) is 5.11 Å². The molecule has 1 aliphatic carbocycles. The fraction of sp³-hybridized carbons (Fsp3) is 0.609. The number of rotatable bonds is 11. The van der Waals surface area contributed by atoms with Crippen molar-refractivity contribution in [3.05, 3.63) is 41.5 Å². The molecule has 1 saturated carbocycles. The van der Waals surface area contributed by atoms with Gasteiger partial charge in [-0.3, -0.25) is 4.79 Å². The lowest BCUT2D eigenvalue weighted by Gasteiger charge is -2.20. The third-order valence-electron chi connectivity index (χ3n) is 5.79.